The van der Waals surface area contributed by atoms with Crippen LogP contribution in [0.2, 0.25) is 25.7 Å². The van der Waals surface area contributed by atoms with E-state index in [1.807, 2.05) is 43.5 Å². The number of ketones is 1. The zero-order valence-corrected chi connectivity index (χ0v) is 27.5. The number of benzene rings is 2. The van der Waals surface area contributed by atoms with Gasteiger partial charge in [-0.05, 0) is 61.4 Å². The van der Waals surface area contributed by atoms with E-state index in [0.717, 1.165) is 23.6 Å². The lowest BCUT2D eigenvalue weighted by Crippen LogP contribution is -2.28. The number of esters is 1. The summed E-state index contributed by atoms with van der Waals surface area (Å²) < 4.78 is 41.6. The van der Waals surface area contributed by atoms with Crippen LogP contribution in [0.5, 0.6) is 5.75 Å². The molecule has 0 radical (unpaired) electrons. The zero-order valence-electron chi connectivity index (χ0n) is 26.5. The summed E-state index contributed by atoms with van der Waals surface area (Å²) in [4.78, 5) is 31.3. The average Bonchev–Trinajstić information content (AvgIpc) is 3.29. The van der Waals surface area contributed by atoms with Gasteiger partial charge < -0.3 is 9.47 Å². The molecule has 0 spiro atoms. The summed E-state index contributed by atoms with van der Waals surface area (Å²) in [6.07, 6.45) is 3.61. The van der Waals surface area contributed by atoms with Crippen LogP contribution in [-0.2, 0) is 22.7 Å². The molecule has 0 aliphatic rings. The van der Waals surface area contributed by atoms with Crippen molar-refractivity contribution in [1.82, 2.24) is 9.38 Å². The van der Waals surface area contributed by atoms with E-state index < -0.39 is 25.1 Å². The fraction of sp³-hybridized carbons (Fsp3) is 0.400. The number of pyridine rings is 1. The van der Waals surface area contributed by atoms with Crippen LogP contribution in [0.3, 0.4) is 0 Å². The fourth-order valence-corrected chi connectivity index (χ4v) is 6.62. The largest absolute Gasteiger partial charge is 0.485 e. The minimum atomic E-state index is -1.41. The Morgan fingerprint density at radius 2 is 1.64 bits per heavy atom. The van der Waals surface area contributed by atoms with Crippen LogP contribution in [0.25, 0.3) is 5.65 Å². The molecule has 2 aromatic carbocycles. The lowest BCUT2D eigenvalue weighted by molar-refractivity contribution is -0.147. The highest BCUT2D eigenvalue weighted by molar-refractivity contribution is 6.76. The van der Waals surface area contributed by atoms with Crippen molar-refractivity contribution >= 4 is 25.5 Å². The molecule has 0 aliphatic carbocycles. The van der Waals surface area contributed by atoms with Gasteiger partial charge >= 0.3 is 5.97 Å². The molecule has 4 aromatic rings. The van der Waals surface area contributed by atoms with Crippen molar-refractivity contribution < 1.29 is 27.8 Å². The first-order valence-electron chi connectivity index (χ1n) is 15.0. The van der Waals surface area contributed by atoms with Gasteiger partial charge in [0.2, 0.25) is 0 Å². The van der Waals surface area contributed by atoms with Gasteiger partial charge in [-0.3, -0.25) is 14.0 Å². The van der Waals surface area contributed by atoms with Gasteiger partial charge in [0.25, 0.3) is 0 Å². The first-order valence-corrected chi connectivity index (χ1v) is 18.7. The summed E-state index contributed by atoms with van der Waals surface area (Å²) in [5.74, 6) is -1.41. The first kappa shape index (κ1) is 33.0. The normalized spacial score (nSPS) is 13.1. The lowest BCUT2D eigenvalue weighted by Gasteiger charge is -2.31. The number of halogens is 2. The molecule has 6 nitrogen and oxygen atoms in total. The second-order valence-corrected chi connectivity index (χ2v) is 18.8. The molecule has 234 valence electrons. The van der Waals surface area contributed by atoms with Crippen molar-refractivity contribution in [2.75, 3.05) is 0 Å². The Morgan fingerprint density at radius 1 is 0.955 bits per heavy atom. The van der Waals surface area contributed by atoms with E-state index in [-0.39, 0.29) is 43.4 Å². The molecule has 0 amide bonds. The van der Waals surface area contributed by atoms with Crippen molar-refractivity contribution in [3.8, 4) is 5.75 Å². The van der Waals surface area contributed by atoms with Crippen LogP contribution in [0, 0.1) is 30.9 Å². The van der Waals surface area contributed by atoms with Gasteiger partial charge in [0, 0.05) is 20.7 Å². The maximum atomic E-state index is 14.2. The molecule has 0 fully saturated rings. The maximum Gasteiger partial charge on any atom is 0.306 e. The first-order chi connectivity index (χ1) is 20.7. The maximum absolute atomic E-state index is 14.2. The van der Waals surface area contributed by atoms with Gasteiger partial charge in [-0.2, -0.15) is 0 Å². The van der Waals surface area contributed by atoms with E-state index in [1.165, 1.54) is 18.2 Å². The van der Waals surface area contributed by atoms with Gasteiger partial charge in [0.1, 0.15) is 30.5 Å². The number of fused-ring (bicyclic) bond motifs is 1. The Balaban J connectivity index is 1.51. The molecule has 44 heavy (non-hydrogen) atoms. The number of Topliss-reactive ketones (excluding diaryl/α,β-unsaturated/α-hetero) is 1. The molecular formula is C35H42F2N2O4Si. The number of hydrogen-bond donors (Lipinski definition) is 0. The van der Waals surface area contributed by atoms with Crippen molar-refractivity contribution in [2.45, 2.75) is 85.4 Å². The van der Waals surface area contributed by atoms with Crippen LogP contribution in [-0.4, -0.2) is 29.2 Å². The monoisotopic (exact) mass is 620 g/mol. The van der Waals surface area contributed by atoms with Gasteiger partial charge in [0.05, 0.1) is 17.7 Å². The second kappa shape index (κ2) is 13.8. The van der Waals surface area contributed by atoms with E-state index >= 15 is 0 Å². The Morgan fingerprint density at radius 3 is 2.30 bits per heavy atom. The topological polar surface area (TPSA) is 69.9 Å². The highest BCUT2D eigenvalue weighted by atomic mass is 28.3. The molecule has 2 aromatic heterocycles. The van der Waals surface area contributed by atoms with Crippen LogP contribution < -0.4 is 4.74 Å². The van der Waals surface area contributed by atoms with Crippen molar-refractivity contribution in [3.05, 3.63) is 101 Å². The number of nitrogens with zero attached hydrogens (tertiary/aromatic N) is 2. The molecule has 9 heteroatoms. The number of carbonyl (C=O) groups is 2. The molecule has 0 saturated heterocycles. The summed E-state index contributed by atoms with van der Waals surface area (Å²) in [6, 6.07) is 16.0. The van der Waals surface area contributed by atoms with E-state index in [2.05, 4.69) is 31.5 Å². The SMILES string of the molecule is Cc1cc(OCc2c(F)cccc2F)c2nc(C)c(C(=O)CCC(C)(CC[Si](C)(C)C)CC(=O)OCc3ccccc3)n2c1. The highest BCUT2D eigenvalue weighted by Crippen LogP contribution is 2.37. The number of imidazole rings is 1. The van der Waals surface area contributed by atoms with Crippen LogP contribution in [0.15, 0.2) is 60.8 Å². The predicted octanol–water partition coefficient (Wildman–Crippen LogP) is 8.64. The van der Waals surface area contributed by atoms with Crippen molar-refractivity contribution in [1.29, 1.82) is 0 Å². The standard InChI is InChI=1S/C35H42F2N2O4Si/c1-24-19-31(42-23-27-28(36)13-10-14-29(27)37)34-38-25(2)33(39(34)21-24)30(40)15-16-35(3,17-18-44(4,5)6)20-32(41)43-22-26-11-8-7-9-12-26/h7-14,19,21H,15-18,20,22-23H2,1-6H3. The molecular weight excluding hydrogens is 578 g/mol. The van der Waals surface area contributed by atoms with Gasteiger partial charge in [-0.25, -0.2) is 13.8 Å². The summed E-state index contributed by atoms with van der Waals surface area (Å²) in [6.45, 7) is 12.5. The van der Waals surface area contributed by atoms with E-state index in [9.17, 15) is 18.4 Å². The average molecular weight is 621 g/mol. The number of hydrogen-bond acceptors (Lipinski definition) is 5. The number of aromatic nitrogens is 2. The Kier molecular flexibility index (Phi) is 10.4. The third kappa shape index (κ3) is 8.62. The predicted molar refractivity (Wildman–Crippen MR) is 171 cm³/mol. The zero-order chi connectivity index (χ0) is 32.1. The van der Waals surface area contributed by atoms with E-state index in [0.29, 0.717) is 29.2 Å². The molecule has 0 bridgehead atoms. The second-order valence-electron chi connectivity index (χ2n) is 13.2. The third-order valence-electron chi connectivity index (χ3n) is 7.94. The molecule has 0 saturated carbocycles. The Bertz CT molecular complexity index is 1610. The third-order valence-corrected chi connectivity index (χ3v) is 9.69. The number of ether oxygens (including phenoxy) is 2. The van der Waals surface area contributed by atoms with Crippen LogP contribution in [0.1, 0.15) is 65.5 Å². The Hall–Kier alpha value is -3.85. The van der Waals surface area contributed by atoms with Gasteiger partial charge in [-0.1, -0.05) is 69.0 Å². The highest BCUT2D eigenvalue weighted by Gasteiger charge is 2.32. The van der Waals surface area contributed by atoms with Crippen molar-refractivity contribution in [2.24, 2.45) is 5.41 Å². The smallest absolute Gasteiger partial charge is 0.306 e. The minimum Gasteiger partial charge on any atom is -0.485 e. The molecule has 0 N–H and O–H groups in total. The van der Waals surface area contributed by atoms with Gasteiger partial charge in [0.15, 0.2) is 17.2 Å². The number of aryl methyl sites for hydroxylation is 2. The molecule has 1 atom stereocenters. The molecule has 4 rings (SSSR count). The fourth-order valence-electron chi connectivity index (χ4n) is 5.27. The number of carbonyl (C=O) groups excluding carboxylic acids is 2. The summed E-state index contributed by atoms with van der Waals surface area (Å²) in [7, 11) is -1.41. The van der Waals surface area contributed by atoms with Gasteiger partial charge in [-0.15, -0.1) is 0 Å². The van der Waals surface area contributed by atoms with Crippen molar-refractivity contribution in [3.63, 3.8) is 0 Å². The van der Waals surface area contributed by atoms with Crippen LogP contribution in [0.4, 0.5) is 8.78 Å². The summed E-state index contributed by atoms with van der Waals surface area (Å²) >= 11 is 0. The summed E-state index contributed by atoms with van der Waals surface area (Å²) in [5, 5.41) is 0. The van der Waals surface area contributed by atoms with E-state index in [4.69, 9.17) is 9.47 Å². The molecule has 1 unspecified atom stereocenters. The quantitative estimate of drug-likeness (QED) is 0.0802. The van der Waals surface area contributed by atoms with Crippen LogP contribution >= 0.6 is 0 Å². The van der Waals surface area contributed by atoms with E-state index in [1.54, 1.807) is 17.4 Å². The molecule has 2 heterocycles. The lowest BCUT2D eigenvalue weighted by atomic mass is 9.79. The Labute approximate surface area is 259 Å². The summed E-state index contributed by atoms with van der Waals surface area (Å²) in [5.41, 5.74) is 2.52. The number of rotatable bonds is 14. The minimum absolute atomic E-state index is 0.0939. The molecule has 0 aliphatic heterocycles.